The molecule has 0 fully saturated rings. The van der Waals surface area contributed by atoms with Crippen molar-refractivity contribution in [3.63, 3.8) is 0 Å². The molecule has 0 spiro atoms. The van der Waals surface area contributed by atoms with Crippen LogP contribution in [0.25, 0.3) is 0 Å². The molecule has 3 aromatic carbocycles. The van der Waals surface area contributed by atoms with E-state index in [-0.39, 0.29) is 75.2 Å². The van der Waals surface area contributed by atoms with Gasteiger partial charge in [-0.15, -0.1) is 0 Å². The van der Waals surface area contributed by atoms with Crippen LogP contribution in [0.5, 0.6) is 5.75 Å². The summed E-state index contributed by atoms with van der Waals surface area (Å²) >= 11 is 12.0. The first-order chi connectivity index (χ1) is 17.9. The maximum Gasteiger partial charge on any atom is 0.448 e. The van der Waals surface area contributed by atoms with E-state index in [0.29, 0.717) is 27.4 Å². The standard InChI is InChI=1S/C27H25Cl2F3O5S.Ac/c28-22-8-4-20(5-9-22)26(21-6-10-23(29)11-7-21)37-16-18-38(34,35)17-15-36-24-12-1-19(2-13-24)3-14-25(33)27(30,31)32;/h1-2,4-14,26,33H,3,15-18H2;/b25-14-;. The number of aliphatic hydroxyl groups excluding tert-OH is 1. The van der Waals surface area contributed by atoms with E-state index in [1.54, 1.807) is 24.3 Å². The number of sulfone groups is 1. The first-order valence-corrected chi connectivity index (χ1v) is 14.0. The van der Waals surface area contributed by atoms with Crippen LogP contribution in [0.4, 0.5) is 13.2 Å². The minimum absolute atomic E-state index is 0. The molecule has 0 aliphatic heterocycles. The normalized spacial score (nSPS) is 12.3. The van der Waals surface area contributed by atoms with Crippen molar-refractivity contribution < 1.29 is 80.2 Å². The summed E-state index contributed by atoms with van der Waals surface area (Å²) in [4.78, 5) is 0. The molecule has 0 atom stereocenters. The number of benzene rings is 3. The van der Waals surface area contributed by atoms with Crippen LogP contribution in [0, 0.1) is 44.1 Å². The maximum atomic E-state index is 12.5. The second-order valence-corrected chi connectivity index (χ2v) is 11.5. The van der Waals surface area contributed by atoms with Crippen molar-refractivity contribution in [2.75, 3.05) is 24.7 Å². The fourth-order valence-corrected chi connectivity index (χ4v) is 4.54. The van der Waals surface area contributed by atoms with E-state index in [1.165, 1.54) is 24.3 Å². The molecule has 0 aliphatic rings. The molecule has 1 radical (unpaired) electrons. The van der Waals surface area contributed by atoms with Crippen LogP contribution < -0.4 is 4.74 Å². The van der Waals surface area contributed by atoms with Gasteiger partial charge in [0.15, 0.2) is 15.6 Å². The number of halogens is 5. The number of aliphatic hydroxyl groups is 1. The molecule has 0 heterocycles. The van der Waals surface area contributed by atoms with Gasteiger partial charge in [0, 0.05) is 54.1 Å². The largest absolute Gasteiger partial charge is 0.504 e. The molecule has 3 aromatic rings. The summed E-state index contributed by atoms with van der Waals surface area (Å²) in [5, 5.41) is 10.1. The smallest absolute Gasteiger partial charge is 0.448 e. The van der Waals surface area contributed by atoms with Gasteiger partial charge in [-0.25, -0.2) is 8.42 Å². The zero-order valence-electron chi connectivity index (χ0n) is 20.6. The second kappa shape index (κ2) is 15.6. The molecule has 207 valence electrons. The Kier molecular flexibility index (Phi) is 13.6. The van der Waals surface area contributed by atoms with Crippen LogP contribution in [-0.4, -0.2) is 44.4 Å². The molecule has 0 saturated carbocycles. The zero-order valence-corrected chi connectivity index (χ0v) is 27.6. The molecular weight excluding hydrogens is 791 g/mol. The number of hydrogen-bond donors (Lipinski definition) is 1. The van der Waals surface area contributed by atoms with E-state index >= 15 is 0 Å². The molecule has 0 aliphatic carbocycles. The maximum absolute atomic E-state index is 12.5. The van der Waals surface area contributed by atoms with Gasteiger partial charge in [0.05, 0.1) is 18.1 Å². The molecule has 3 rings (SSSR count). The Morgan fingerprint density at radius 3 is 1.82 bits per heavy atom. The zero-order chi connectivity index (χ0) is 27.8. The van der Waals surface area contributed by atoms with Gasteiger partial charge < -0.3 is 14.6 Å². The Morgan fingerprint density at radius 1 is 0.846 bits per heavy atom. The van der Waals surface area contributed by atoms with Crippen LogP contribution in [0.1, 0.15) is 22.8 Å². The second-order valence-electron chi connectivity index (χ2n) is 8.29. The van der Waals surface area contributed by atoms with Crippen molar-refractivity contribution >= 4 is 33.0 Å². The Hall–Kier alpha value is -1.28. The van der Waals surface area contributed by atoms with Gasteiger partial charge in [0.2, 0.25) is 0 Å². The quantitative estimate of drug-likeness (QED) is 0.197. The van der Waals surface area contributed by atoms with Gasteiger partial charge in [0.25, 0.3) is 0 Å². The molecule has 5 nitrogen and oxygen atoms in total. The predicted octanol–water partition coefficient (Wildman–Crippen LogP) is 7.14. The molecule has 39 heavy (non-hydrogen) atoms. The Labute approximate surface area is 271 Å². The number of alkyl halides is 3. The van der Waals surface area contributed by atoms with E-state index in [2.05, 4.69) is 0 Å². The fraction of sp³-hybridized carbons (Fsp3) is 0.259. The topological polar surface area (TPSA) is 72.8 Å². The third kappa shape index (κ3) is 11.6. The Balaban J connectivity index is 0.00000533. The summed E-state index contributed by atoms with van der Waals surface area (Å²) in [7, 11) is -3.50. The van der Waals surface area contributed by atoms with E-state index < -0.39 is 27.9 Å². The molecule has 0 unspecified atom stereocenters. The van der Waals surface area contributed by atoms with Crippen LogP contribution >= 0.6 is 23.2 Å². The van der Waals surface area contributed by atoms with Crippen LogP contribution in [0.15, 0.2) is 84.6 Å². The van der Waals surface area contributed by atoms with Crippen molar-refractivity contribution in [2.45, 2.75) is 18.7 Å². The summed E-state index contributed by atoms with van der Waals surface area (Å²) < 4.78 is 73.5. The van der Waals surface area contributed by atoms with Crippen LogP contribution in [0.3, 0.4) is 0 Å². The summed E-state index contributed by atoms with van der Waals surface area (Å²) in [6.45, 7) is -0.153. The van der Waals surface area contributed by atoms with Gasteiger partial charge in [-0.1, -0.05) is 59.6 Å². The Bertz CT molecular complexity index is 1270. The molecule has 0 bridgehead atoms. The van der Waals surface area contributed by atoms with Crippen LogP contribution in [0.2, 0.25) is 10.0 Å². The summed E-state index contributed by atoms with van der Waals surface area (Å²) in [6.07, 6.45) is -4.74. The summed E-state index contributed by atoms with van der Waals surface area (Å²) in [5.74, 6) is -1.75. The number of hydrogen-bond acceptors (Lipinski definition) is 5. The van der Waals surface area contributed by atoms with Gasteiger partial charge >= 0.3 is 6.18 Å². The molecular formula is C27H25AcCl2F3O5S. The predicted molar refractivity (Wildman–Crippen MR) is 142 cm³/mol. The van der Waals surface area contributed by atoms with Crippen molar-refractivity contribution in [3.05, 3.63) is 111 Å². The Morgan fingerprint density at radius 2 is 1.33 bits per heavy atom. The fourth-order valence-electron chi connectivity index (χ4n) is 3.39. The average molecular weight is 816 g/mol. The molecule has 12 heteroatoms. The SMILES string of the molecule is O=S(=O)(CCOc1ccc(C/C=C(\O)C(F)(F)F)cc1)CCOC(c1ccc(Cl)cc1)c1ccc(Cl)cc1.[Ac]. The van der Waals surface area contributed by atoms with E-state index in [4.69, 9.17) is 37.8 Å². The van der Waals surface area contributed by atoms with Gasteiger partial charge in [0.1, 0.15) is 18.5 Å². The third-order valence-corrected chi connectivity index (χ3v) is 7.51. The van der Waals surface area contributed by atoms with E-state index in [1.807, 2.05) is 24.3 Å². The molecule has 1 N–H and O–H groups in total. The monoisotopic (exact) mass is 815 g/mol. The van der Waals surface area contributed by atoms with Crippen molar-refractivity contribution in [3.8, 4) is 5.75 Å². The first kappa shape index (κ1) is 33.9. The molecule has 0 amide bonds. The molecule has 0 aromatic heterocycles. The first-order valence-electron chi connectivity index (χ1n) is 11.4. The number of allylic oxidation sites excluding steroid dienone is 2. The van der Waals surface area contributed by atoms with E-state index in [0.717, 1.165) is 11.1 Å². The number of ether oxygens (including phenoxy) is 2. The third-order valence-electron chi connectivity index (χ3n) is 5.43. The van der Waals surface area contributed by atoms with Gasteiger partial charge in [-0.3, -0.25) is 0 Å². The minimum atomic E-state index is -4.79. The molecule has 0 saturated heterocycles. The summed E-state index contributed by atoms with van der Waals surface area (Å²) in [5.41, 5.74) is 2.14. The van der Waals surface area contributed by atoms with Crippen molar-refractivity contribution in [1.82, 2.24) is 0 Å². The van der Waals surface area contributed by atoms with Crippen molar-refractivity contribution in [2.24, 2.45) is 0 Å². The van der Waals surface area contributed by atoms with Crippen molar-refractivity contribution in [1.29, 1.82) is 0 Å². The van der Waals surface area contributed by atoms with Crippen LogP contribution in [-0.2, 0) is 21.0 Å². The summed E-state index contributed by atoms with van der Waals surface area (Å²) in [6, 6.07) is 20.3. The minimum Gasteiger partial charge on any atom is -0.504 e. The van der Waals surface area contributed by atoms with Gasteiger partial charge in [-0.2, -0.15) is 13.2 Å². The average Bonchev–Trinajstić information content (AvgIpc) is 2.87. The van der Waals surface area contributed by atoms with E-state index in [9.17, 15) is 21.6 Å². The van der Waals surface area contributed by atoms with Gasteiger partial charge in [-0.05, 0) is 65.6 Å². The number of rotatable bonds is 12.